The number of nitro benzene ring substituents is 1. The maximum atomic E-state index is 12.8. The predicted molar refractivity (Wildman–Crippen MR) is 113 cm³/mol. The van der Waals surface area contributed by atoms with Gasteiger partial charge in [-0.25, -0.2) is 0 Å². The smallest absolute Gasteiger partial charge is 0.270 e. The van der Waals surface area contributed by atoms with Crippen LogP contribution in [-0.2, 0) is 0 Å². The van der Waals surface area contributed by atoms with Gasteiger partial charge in [-0.3, -0.25) is 24.7 Å². The standard InChI is InChI=1S/C21H17ClN4O4/c1-13(18-7-4-5-11-23-18)24-21(28)16-6-2-3-8-19(16)25-20(27)15-10-9-14(26(29)30)12-17(15)22/h2-13H,1H3,(H,24,28)(H,25,27). The van der Waals surface area contributed by atoms with E-state index in [-0.39, 0.29) is 39.5 Å². The topological polar surface area (TPSA) is 114 Å². The SMILES string of the molecule is CC(NC(=O)c1ccccc1NC(=O)c1ccc([N+](=O)[O-])cc1Cl)c1ccccn1. The highest BCUT2D eigenvalue weighted by molar-refractivity contribution is 6.34. The number of nitro groups is 1. The first kappa shape index (κ1) is 20.9. The number of nitrogens with one attached hydrogen (secondary N) is 2. The molecule has 1 atom stereocenters. The van der Waals surface area contributed by atoms with E-state index >= 15 is 0 Å². The summed E-state index contributed by atoms with van der Waals surface area (Å²) in [5.74, 6) is -0.980. The summed E-state index contributed by atoms with van der Waals surface area (Å²) in [6.07, 6.45) is 1.64. The molecular formula is C21H17ClN4O4. The molecule has 0 bridgehead atoms. The second kappa shape index (κ2) is 9.15. The number of carbonyl (C=O) groups is 2. The van der Waals surface area contributed by atoms with Crippen LogP contribution in [0.2, 0.25) is 5.02 Å². The van der Waals surface area contributed by atoms with Crippen molar-refractivity contribution >= 4 is 34.8 Å². The van der Waals surface area contributed by atoms with Crippen molar-refractivity contribution in [2.24, 2.45) is 0 Å². The minimum absolute atomic E-state index is 0.0549. The first-order valence-electron chi connectivity index (χ1n) is 8.93. The third-order valence-corrected chi connectivity index (χ3v) is 4.62. The third kappa shape index (κ3) is 4.79. The molecule has 1 heterocycles. The van der Waals surface area contributed by atoms with Crippen LogP contribution in [0.25, 0.3) is 0 Å². The highest BCUT2D eigenvalue weighted by Gasteiger charge is 2.19. The van der Waals surface area contributed by atoms with E-state index in [1.165, 1.54) is 12.1 Å². The summed E-state index contributed by atoms with van der Waals surface area (Å²) >= 11 is 6.02. The molecule has 0 saturated heterocycles. The van der Waals surface area contributed by atoms with Crippen molar-refractivity contribution in [3.05, 3.63) is 98.8 Å². The van der Waals surface area contributed by atoms with Crippen LogP contribution >= 0.6 is 11.6 Å². The third-order valence-electron chi connectivity index (χ3n) is 4.31. The molecule has 9 heteroatoms. The summed E-state index contributed by atoms with van der Waals surface area (Å²) < 4.78 is 0. The fraction of sp³-hybridized carbons (Fsp3) is 0.0952. The molecule has 152 valence electrons. The Hall–Kier alpha value is -3.78. The van der Waals surface area contributed by atoms with Gasteiger partial charge in [-0.2, -0.15) is 0 Å². The van der Waals surface area contributed by atoms with Crippen LogP contribution in [0.15, 0.2) is 66.9 Å². The zero-order chi connectivity index (χ0) is 21.7. The number of aromatic nitrogens is 1. The maximum absolute atomic E-state index is 12.8. The monoisotopic (exact) mass is 424 g/mol. The van der Waals surface area contributed by atoms with Crippen molar-refractivity contribution < 1.29 is 14.5 Å². The van der Waals surface area contributed by atoms with Gasteiger partial charge in [-0.15, -0.1) is 0 Å². The van der Waals surface area contributed by atoms with Crippen LogP contribution in [0.1, 0.15) is 39.4 Å². The lowest BCUT2D eigenvalue weighted by atomic mass is 10.1. The fourth-order valence-electron chi connectivity index (χ4n) is 2.76. The number of amides is 2. The Balaban J connectivity index is 1.79. The van der Waals surface area contributed by atoms with Gasteiger partial charge >= 0.3 is 0 Å². The number of hydrogen-bond acceptors (Lipinski definition) is 5. The second-order valence-corrected chi connectivity index (χ2v) is 6.78. The minimum atomic E-state index is -0.601. The molecule has 2 amide bonds. The lowest BCUT2D eigenvalue weighted by molar-refractivity contribution is -0.384. The first-order valence-corrected chi connectivity index (χ1v) is 9.30. The summed E-state index contributed by atoms with van der Waals surface area (Å²) in [6, 6.07) is 15.1. The molecule has 3 aromatic rings. The van der Waals surface area contributed by atoms with Gasteiger partial charge in [0.2, 0.25) is 0 Å². The summed E-state index contributed by atoms with van der Waals surface area (Å²) in [5, 5.41) is 16.3. The summed E-state index contributed by atoms with van der Waals surface area (Å²) in [6.45, 7) is 1.80. The van der Waals surface area contributed by atoms with Gasteiger partial charge in [-0.05, 0) is 37.3 Å². The van der Waals surface area contributed by atoms with Gasteiger partial charge in [-0.1, -0.05) is 29.8 Å². The average Bonchev–Trinajstić information content (AvgIpc) is 2.74. The molecule has 0 fully saturated rings. The van der Waals surface area contributed by atoms with Crippen molar-refractivity contribution in [2.75, 3.05) is 5.32 Å². The first-order chi connectivity index (χ1) is 14.4. The number of para-hydroxylation sites is 1. The molecule has 30 heavy (non-hydrogen) atoms. The average molecular weight is 425 g/mol. The zero-order valence-corrected chi connectivity index (χ0v) is 16.6. The fourth-order valence-corrected chi connectivity index (χ4v) is 3.02. The van der Waals surface area contributed by atoms with E-state index in [0.29, 0.717) is 5.69 Å². The predicted octanol–water partition coefficient (Wildman–Crippen LogP) is 4.39. The Kier molecular flexibility index (Phi) is 6.38. The van der Waals surface area contributed by atoms with Crippen molar-refractivity contribution in [3.8, 4) is 0 Å². The molecule has 0 spiro atoms. The van der Waals surface area contributed by atoms with Crippen molar-refractivity contribution in [2.45, 2.75) is 13.0 Å². The van der Waals surface area contributed by atoms with Crippen molar-refractivity contribution in [1.82, 2.24) is 10.3 Å². The van der Waals surface area contributed by atoms with Crippen molar-refractivity contribution in [3.63, 3.8) is 0 Å². The van der Waals surface area contributed by atoms with E-state index in [0.717, 1.165) is 6.07 Å². The number of non-ortho nitro benzene ring substituents is 1. The Morgan fingerprint density at radius 2 is 1.77 bits per heavy atom. The summed E-state index contributed by atoms with van der Waals surface area (Å²) in [7, 11) is 0. The quantitative estimate of drug-likeness (QED) is 0.450. The highest BCUT2D eigenvalue weighted by Crippen LogP contribution is 2.24. The molecule has 0 aliphatic heterocycles. The maximum Gasteiger partial charge on any atom is 0.270 e. The Labute approximate surface area is 177 Å². The summed E-state index contributed by atoms with van der Waals surface area (Å²) in [4.78, 5) is 39.8. The van der Waals surface area contributed by atoms with Crippen LogP contribution in [-0.4, -0.2) is 21.7 Å². The number of hydrogen-bond donors (Lipinski definition) is 2. The van der Waals surface area contributed by atoms with E-state index in [1.807, 2.05) is 6.07 Å². The molecule has 2 N–H and O–H groups in total. The number of rotatable bonds is 6. The lowest BCUT2D eigenvalue weighted by Gasteiger charge is -2.16. The molecule has 2 aromatic carbocycles. The Bertz CT molecular complexity index is 1110. The zero-order valence-electron chi connectivity index (χ0n) is 15.8. The number of pyridine rings is 1. The lowest BCUT2D eigenvalue weighted by Crippen LogP contribution is -2.28. The number of carbonyl (C=O) groups excluding carboxylic acids is 2. The van der Waals surface area contributed by atoms with E-state index < -0.39 is 10.8 Å². The molecule has 0 aliphatic carbocycles. The molecule has 1 aromatic heterocycles. The van der Waals surface area contributed by atoms with Gasteiger partial charge in [0.05, 0.1) is 38.5 Å². The molecule has 1 unspecified atom stereocenters. The second-order valence-electron chi connectivity index (χ2n) is 6.37. The largest absolute Gasteiger partial charge is 0.344 e. The van der Waals surface area contributed by atoms with Crippen LogP contribution in [0.5, 0.6) is 0 Å². The summed E-state index contributed by atoms with van der Waals surface area (Å²) in [5.41, 5.74) is 1.07. The van der Waals surface area contributed by atoms with Crippen LogP contribution in [0.4, 0.5) is 11.4 Å². The molecule has 0 saturated carbocycles. The van der Waals surface area contributed by atoms with Gasteiger partial charge < -0.3 is 10.6 Å². The van der Waals surface area contributed by atoms with E-state index in [4.69, 9.17) is 11.6 Å². The van der Waals surface area contributed by atoms with Gasteiger partial charge in [0.1, 0.15) is 0 Å². The van der Waals surface area contributed by atoms with E-state index in [1.54, 1.807) is 49.5 Å². The number of anilines is 1. The Morgan fingerprint density at radius 3 is 2.43 bits per heavy atom. The van der Waals surface area contributed by atoms with Crippen molar-refractivity contribution in [1.29, 1.82) is 0 Å². The van der Waals surface area contributed by atoms with Gasteiger partial charge in [0.15, 0.2) is 0 Å². The molecule has 8 nitrogen and oxygen atoms in total. The minimum Gasteiger partial charge on any atom is -0.344 e. The Morgan fingerprint density at radius 1 is 1.03 bits per heavy atom. The molecule has 3 rings (SSSR count). The van der Waals surface area contributed by atoms with Gasteiger partial charge in [0.25, 0.3) is 17.5 Å². The number of nitrogens with zero attached hydrogens (tertiary/aromatic N) is 2. The molecule has 0 aliphatic rings. The highest BCUT2D eigenvalue weighted by atomic mass is 35.5. The number of halogens is 1. The van der Waals surface area contributed by atoms with Crippen LogP contribution in [0.3, 0.4) is 0 Å². The van der Waals surface area contributed by atoms with Gasteiger partial charge in [0, 0.05) is 18.3 Å². The number of benzene rings is 2. The van der Waals surface area contributed by atoms with Crippen LogP contribution < -0.4 is 10.6 Å². The van der Waals surface area contributed by atoms with Crippen LogP contribution in [0, 0.1) is 10.1 Å². The molecule has 0 radical (unpaired) electrons. The van der Waals surface area contributed by atoms with E-state index in [2.05, 4.69) is 15.6 Å². The van der Waals surface area contributed by atoms with E-state index in [9.17, 15) is 19.7 Å². The normalized spacial score (nSPS) is 11.4. The molecular weight excluding hydrogens is 408 g/mol.